The van der Waals surface area contributed by atoms with Gasteiger partial charge in [0.25, 0.3) is 0 Å². The predicted molar refractivity (Wildman–Crippen MR) is 71.8 cm³/mol. The Morgan fingerprint density at radius 3 is 2.59 bits per heavy atom. The van der Waals surface area contributed by atoms with Crippen molar-refractivity contribution in [3.8, 4) is 0 Å². The molecule has 0 amide bonds. The van der Waals surface area contributed by atoms with E-state index in [-0.39, 0.29) is 6.04 Å². The summed E-state index contributed by atoms with van der Waals surface area (Å²) < 4.78 is 5.49. The number of rotatable bonds is 7. The maximum Gasteiger partial charge on any atom is 0.120 e. The van der Waals surface area contributed by atoms with Gasteiger partial charge in [0, 0.05) is 12.6 Å². The zero-order valence-electron chi connectivity index (χ0n) is 11.5. The third-order valence-electron chi connectivity index (χ3n) is 3.46. The van der Waals surface area contributed by atoms with Crippen LogP contribution in [0.1, 0.15) is 45.4 Å². The van der Waals surface area contributed by atoms with Crippen molar-refractivity contribution in [1.29, 1.82) is 0 Å². The maximum absolute atomic E-state index is 6.07. The van der Waals surface area contributed by atoms with Gasteiger partial charge in [0.05, 0.1) is 12.3 Å². The van der Waals surface area contributed by atoms with E-state index in [1.54, 1.807) is 6.26 Å². The summed E-state index contributed by atoms with van der Waals surface area (Å²) in [7, 11) is 2.14. The molecule has 0 aliphatic carbocycles. The first kappa shape index (κ1) is 14.3. The van der Waals surface area contributed by atoms with E-state index in [0.717, 1.165) is 25.1 Å². The van der Waals surface area contributed by atoms with Crippen LogP contribution in [0.5, 0.6) is 0 Å². The van der Waals surface area contributed by atoms with Crippen molar-refractivity contribution in [2.24, 2.45) is 11.7 Å². The maximum atomic E-state index is 6.07. The minimum Gasteiger partial charge on any atom is -0.468 e. The van der Waals surface area contributed by atoms with Gasteiger partial charge in [-0.3, -0.25) is 4.90 Å². The second-order valence-corrected chi connectivity index (χ2v) is 5.12. The molecule has 0 aliphatic heterocycles. The molecule has 98 valence electrons. The Bertz CT molecular complexity index is 295. The van der Waals surface area contributed by atoms with E-state index < -0.39 is 0 Å². The van der Waals surface area contributed by atoms with Crippen LogP contribution in [-0.4, -0.2) is 24.5 Å². The molecule has 3 heteroatoms. The predicted octanol–water partition coefficient (Wildman–Crippen LogP) is 3.04. The molecular formula is C14H26N2O. The Morgan fingerprint density at radius 2 is 2.12 bits per heavy atom. The fourth-order valence-corrected chi connectivity index (χ4v) is 2.05. The monoisotopic (exact) mass is 238 g/mol. The van der Waals surface area contributed by atoms with Crippen LogP contribution in [0.2, 0.25) is 0 Å². The van der Waals surface area contributed by atoms with E-state index in [2.05, 4.69) is 32.7 Å². The lowest BCUT2D eigenvalue weighted by Crippen LogP contribution is -2.33. The smallest absolute Gasteiger partial charge is 0.120 e. The summed E-state index contributed by atoms with van der Waals surface area (Å²) in [6.07, 6.45) is 3.83. The minimum absolute atomic E-state index is 0.284. The van der Waals surface area contributed by atoms with Gasteiger partial charge in [0.15, 0.2) is 0 Å². The van der Waals surface area contributed by atoms with Gasteiger partial charge >= 0.3 is 0 Å². The molecule has 0 fully saturated rings. The van der Waals surface area contributed by atoms with Crippen molar-refractivity contribution in [2.75, 3.05) is 13.6 Å². The van der Waals surface area contributed by atoms with Crippen LogP contribution in [0.25, 0.3) is 0 Å². The Labute approximate surface area is 105 Å². The number of hydrogen-bond acceptors (Lipinski definition) is 3. The molecule has 0 spiro atoms. The second kappa shape index (κ2) is 6.82. The van der Waals surface area contributed by atoms with Crippen LogP contribution >= 0.6 is 0 Å². The Balaban J connectivity index is 2.48. The third-order valence-corrected chi connectivity index (χ3v) is 3.46. The van der Waals surface area contributed by atoms with Gasteiger partial charge in [0.2, 0.25) is 0 Å². The highest BCUT2D eigenvalue weighted by molar-refractivity contribution is 5.04. The summed E-state index contributed by atoms with van der Waals surface area (Å²) in [5.74, 6) is 1.60. The van der Waals surface area contributed by atoms with Crippen molar-refractivity contribution < 1.29 is 4.42 Å². The van der Waals surface area contributed by atoms with Crippen LogP contribution in [0, 0.1) is 5.92 Å². The van der Waals surface area contributed by atoms with Crippen LogP contribution < -0.4 is 5.73 Å². The Morgan fingerprint density at radius 1 is 1.41 bits per heavy atom. The van der Waals surface area contributed by atoms with Crippen molar-refractivity contribution in [3.63, 3.8) is 0 Å². The molecule has 17 heavy (non-hydrogen) atoms. The average Bonchev–Trinajstić information content (AvgIpc) is 2.80. The fourth-order valence-electron chi connectivity index (χ4n) is 2.05. The SMILES string of the molecule is CCC(c1ccco1)N(C)CCC(N)C(C)C. The van der Waals surface area contributed by atoms with E-state index in [4.69, 9.17) is 10.2 Å². The van der Waals surface area contributed by atoms with Gasteiger partial charge in [-0.25, -0.2) is 0 Å². The van der Waals surface area contributed by atoms with Crippen molar-refractivity contribution >= 4 is 0 Å². The molecule has 1 aromatic heterocycles. The van der Waals surface area contributed by atoms with Gasteiger partial charge in [-0.1, -0.05) is 20.8 Å². The number of nitrogens with zero attached hydrogens (tertiary/aromatic N) is 1. The van der Waals surface area contributed by atoms with Crippen molar-refractivity contribution in [2.45, 2.75) is 45.7 Å². The van der Waals surface area contributed by atoms with Crippen LogP contribution in [0.4, 0.5) is 0 Å². The Hall–Kier alpha value is -0.800. The molecule has 0 radical (unpaired) electrons. The molecule has 0 saturated heterocycles. The highest BCUT2D eigenvalue weighted by atomic mass is 16.3. The molecule has 1 heterocycles. The molecular weight excluding hydrogens is 212 g/mol. The van der Waals surface area contributed by atoms with E-state index in [1.165, 1.54) is 0 Å². The molecule has 0 bridgehead atoms. The molecule has 2 unspecified atom stereocenters. The molecule has 0 aromatic carbocycles. The van der Waals surface area contributed by atoms with Gasteiger partial charge in [-0.2, -0.15) is 0 Å². The van der Waals surface area contributed by atoms with Crippen molar-refractivity contribution in [3.05, 3.63) is 24.2 Å². The van der Waals surface area contributed by atoms with E-state index in [9.17, 15) is 0 Å². The first-order chi connectivity index (χ1) is 8.06. The van der Waals surface area contributed by atoms with E-state index in [0.29, 0.717) is 12.0 Å². The van der Waals surface area contributed by atoms with Crippen molar-refractivity contribution in [1.82, 2.24) is 4.90 Å². The highest BCUT2D eigenvalue weighted by Gasteiger charge is 2.18. The van der Waals surface area contributed by atoms with Crippen LogP contribution in [-0.2, 0) is 0 Å². The van der Waals surface area contributed by atoms with E-state index >= 15 is 0 Å². The molecule has 2 atom stereocenters. The van der Waals surface area contributed by atoms with Gasteiger partial charge in [0.1, 0.15) is 5.76 Å². The first-order valence-corrected chi connectivity index (χ1v) is 6.55. The number of hydrogen-bond donors (Lipinski definition) is 1. The standard InChI is InChI=1S/C14H26N2O/c1-5-13(14-7-6-10-17-14)16(4)9-8-12(15)11(2)3/h6-7,10-13H,5,8-9,15H2,1-4H3. The summed E-state index contributed by atoms with van der Waals surface area (Å²) in [5, 5.41) is 0. The second-order valence-electron chi connectivity index (χ2n) is 5.12. The van der Waals surface area contributed by atoms with Gasteiger partial charge in [-0.05, 0) is 37.9 Å². The molecule has 0 aliphatic rings. The van der Waals surface area contributed by atoms with Crippen LogP contribution in [0.3, 0.4) is 0 Å². The summed E-state index contributed by atoms with van der Waals surface area (Å²) in [4.78, 5) is 2.33. The molecule has 1 aromatic rings. The fraction of sp³-hybridized carbons (Fsp3) is 0.714. The topological polar surface area (TPSA) is 42.4 Å². The highest BCUT2D eigenvalue weighted by Crippen LogP contribution is 2.23. The number of furan rings is 1. The third kappa shape index (κ3) is 4.17. The first-order valence-electron chi connectivity index (χ1n) is 6.55. The van der Waals surface area contributed by atoms with E-state index in [1.807, 2.05) is 12.1 Å². The minimum atomic E-state index is 0.284. The molecule has 2 N–H and O–H groups in total. The largest absolute Gasteiger partial charge is 0.468 e. The lowest BCUT2D eigenvalue weighted by molar-refractivity contribution is 0.198. The summed E-state index contributed by atoms with van der Waals surface area (Å²) in [6, 6.07) is 4.65. The average molecular weight is 238 g/mol. The summed E-state index contributed by atoms with van der Waals surface area (Å²) in [6.45, 7) is 7.55. The molecule has 3 nitrogen and oxygen atoms in total. The van der Waals surface area contributed by atoms with Gasteiger partial charge in [-0.15, -0.1) is 0 Å². The van der Waals surface area contributed by atoms with Crippen LogP contribution in [0.15, 0.2) is 22.8 Å². The lowest BCUT2D eigenvalue weighted by atomic mass is 10.0. The summed E-state index contributed by atoms with van der Waals surface area (Å²) in [5.41, 5.74) is 6.07. The normalized spacial score (nSPS) is 15.5. The quantitative estimate of drug-likeness (QED) is 0.794. The number of nitrogens with two attached hydrogens (primary N) is 1. The Kier molecular flexibility index (Phi) is 5.72. The lowest BCUT2D eigenvalue weighted by Gasteiger charge is -2.27. The van der Waals surface area contributed by atoms with Gasteiger partial charge < -0.3 is 10.2 Å². The molecule has 0 saturated carbocycles. The summed E-state index contributed by atoms with van der Waals surface area (Å²) >= 11 is 0. The zero-order chi connectivity index (χ0) is 12.8. The molecule has 1 rings (SSSR count). The zero-order valence-corrected chi connectivity index (χ0v) is 11.5.